The van der Waals surface area contributed by atoms with Crippen LogP contribution in [0.5, 0.6) is 0 Å². The highest BCUT2D eigenvalue weighted by atomic mass is 35.5. The van der Waals surface area contributed by atoms with Crippen LogP contribution in [0.25, 0.3) is 5.70 Å². The fourth-order valence-electron chi connectivity index (χ4n) is 2.11. The molecule has 0 saturated carbocycles. The normalized spacial score (nSPS) is 18.7. The molecule has 3 heterocycles. The van der Waals surface area contributed by atoms with Gasteiger partial charge in [0.1, 0.15) is 0 Å². The van der Waals surface area contributed by atoms with Gasteiger partial charge in [0.25, 0.3) is 0 Å². The summed E-state index contributed by atoms with van der Waals surface area (Å²) < 4.78 is 2.86. The van der Waals surface area contributed by atoms with Crippen LogP contribution in [0, 0.1) is 0 Å². The molecule has 0 aliphatic carbocycles. The molecule has 6 heteroatoms. The first-order valence-electron chi connectivity index (χ1n) is 5.80. The predicted molar refractivity (Wildman–Crippen MR) is 84.3 cm³/mol. The van der Waals surface area contributed by atoms with Crippen molar-refractivity contribution in [1.82, 2.24) is 15.2 Å². The van der Waals surface area contributed by atoms with E-state index >= 15 is 0 Å². The van der Waals surface area contributed by atoms with E-state index in [1.165, 1.54) is 5.69 Å². The summed E-state index contributed by atoms with van der Waals surface area (Å²) in [6.45, 7) is 0. The lowest BCUT2D eigenvalue weighted by Crippen LogP contribution is -2.40. The Morgan fingerprint density at radius 3 is 2.84 bits per heavy atom. The van der Waals surface area contributed by atoms with Crippen molar-refractivity contribution in [3.05, 3.63) is 51.4 Å². The Kier molecular flexibility index (Phi) is 3.35. The fraction of sp³-hybridized carbons (Fsp3) is 0.154. The average Bonchev–Trinajstić information content (AvgIpc) is 2.97. The lowest BCUT2D eigenvalue weighted by Gasteiger charge is -2.25. The van der Waals surface area contributed by atoms with E-state index < -0.39 is 0 Å². The molecule has 0 aromatic carbocycles. The molecule has 0 amide bonds. The second-order valence-corrected chi connectivity index (χ2v) is 6.43. The Hall–Kier alpha value is -1.30. The zero-order valence-electron chi connectivity index (χ0n) is 10.2. The van der Waals surface area contributed by atoms with Gasteiger partial charge in [-0.3, -0.25) is 0 Å². The number of nitrogens with one attached hydrogen (secondary N) is 2. The first-order valence-corrected chi connectivity index (χ1v) is 7.40. The van der Waals surface area contributed by atoms with Gasteiger partial charge in [-0.2, -0.15) is 0 Å². The van der Waals surface area contributed by atoms with Crippen LogP contribution < -0.4 is 10.6 Å². The van der Waals surface area contributed by atoms with E-state index in [9.17, 15) is 0 Å². The second kappa shape index (κ2) is 5.00. The largest absolute Gasteiger partial charge is 0.352 e. The number of aromatic nitrogens is 1. The summed E-state index contributed by atoms with van der Waals surface area (Å²) in [6, 6.07) is 8.08. The Labute approximate surface area is 125 Å². The van der Waals surface area contributed by atoms with Crippen LogP contribution in [-0.2, 0) is 7.05 Å². The predicted octanol–water partition coefficient (Wildman–Crippen LogP) is 3.30. The van der Waals surface area contributed by atoms with Crippen molar-refractivity contribution in [2.24, 2.45) is 7.05 Å². The number of rotatable bonds is 2. The quantitative estimate of drug-likeness (QED) is 0.834. The summed E-state index contributed by atoms with van der Waals surface area (Å²) in [5.74, 6) is 0. The molecule has 2 N–H and O–H groups in total. The minimum absolute atomic E-state index is 0.0737. The molecule has 3 rings (SSSR count). The van der Waals surface area contributed by atoms with E-state index in [1.54, 1.807) is 11.3 Å². The van der Waals surface area contributed by atoms with Crippen molar-refractivity contribution in [2.75, 3.05) is 0 Å². The molecule has 0 bridgehead atoms. The van der Waals surface area contributed by atoms with Crippen molar-refractivity contribution in [2.45, 2.75) is 6.04 Å². The van der Waals surface area contributed by atoms with Gasteiger partial charge < -0.3 is 15.2 Å². The van der Waals surface area contributed by atoms with E-state index in [0.717, 1.165) is 14.9 Å². The number of aryl methyl sites for hydroxylation is 1. The van der Waals surface area contributed by atoms with Gasteiger partial charge in [-0.25, -0.2) is 0 Å². The number of nitrogens with zero attached hydrogens (tertiary/aromatic N) is 1. The number of thiocarbonyl (C=S) groups is 1. The molecule has 98 valence electrons. The van der Waals surface area contributed by atoms with E-state index in [-0.39, 0.29) is 6.04 Å². The summed E-state index contributed by atoms with van der Waals surface area (Å²) in [5.41, 5.74) is 2.18. The van der Waals surface area contributed by atoms with Crippen LogP contribution in [-0.4, -0.2) is 9.68 Å². The van der Waals surface area contributed by atoms with Crippen molar-refractivity contribution in [3.8, 4) is 0 Å². The first kappa shape index (κ1) is 12.7. The Morgan fingerprint density at radius 2 is 2.21 bits per heavy atom. The Balaban J connectivity index is 1.98. The highest BCUT2D eigenvalue weighted by Crippen LogP contribution is 2.30. The van der Waals surface area contributed by atoms with Crippen LogP contribution >= 0.6 is 35.2 Å². The van der Waals surface area contributed by atoms with Gasteiger partial charge in [-0.05, 0) is 42.6 Å². The lowest BCUT2D eigenvalue weighted by molar-refractivity contribution is 0.691. The third-order valence-corrected chi connectivity index (χ3v) is 4.49. The zero-order chi connectivity index (χ0) is 13.4. The van der Waals surface area contributed by atoms with Crippen LogP contribution in [0.15, 0.2) is 36.5 Å². The standard InChI is InChI=1S/C13H12ClN3S2/c1-17-6-2-3-10(17)8-7-9(16-13(18)15-8)11-4-5-12(14)19-11/h2-8H,1H3,(H2,15,16,18). The Bertz CT molecular complexity index is 656. The summed E-state index contributed by atoms with van der Waals surface area (Å²) in [4.78, 5) is 1.09. The summed E-state index contributed by atoms with van der Waals surface area (Å²) >= 11 is 12.8. The molecule has 2 aromatic rings. The van der Waals surface area contributed by atoms with E-state index in [1.807, 2.05) is 31.4 Å². The summed E-state index contributed by atoms with van der Waals surface area (Å²) in [5, 5.41) is 7.07. The van der Waals surface area contributed by atoms with Gasteiger partial charge in [0.15, 0.2) is 5.11 Å². The van der Waals surface area contributed by atoms with Crippen molar-refractivity contribution in [3.63, 3.8) is 0 Å². The third kappa shape index (κ3) is 2.54. The highest BCUT2D eigenvalue weighted by molar-refractivity contribution is 7.80. The minimum atomic E-state index is 0.0737. The van der Waals surface area contributed by atoms with E-state index in [0.29, 0.717) is 5.11 Å². The van der Waals surface area contributed by atoms with Gasteiger partial charge in [0.2, 0.25) is 0 Å². The molecule has 1 unspecified atom stereocenters. The summed E-state index contributed by atoms with van der Waals surface area (Å²) in [7, 11) is 2.03. The SMILES string of the molecule is Cn1cccc1C1C=C(c2ccc(Cl)s2)NC(=S)N1. The Morgan fingerprint density at radius 1 is 1.37 bits per heavy atom. The van der Waals surface area contributed by atoms with Gasteiger partial charge >= 0.3 is 0 Å². The van der Waals surface area contributed by atoms with Gasteiger partial charge in [0, 0.05) is 18.9 Å². The van der Waals surface area contributed by atoms with Crippen molar-refractivity contribution < 1.29 is 0 Å². The van der Waals surface area contributed by atoms with Gasteiger partial charge in [-0.1, -0.05) is 11.6 Å². The second-order valence-electron chi connectivity index (χ2n) is 4.30. The van der Waals surface area contributed by atoms with Crippen LogP contribution in [0.1, 0.15) is 16.6 Å². The molecule has 0 saturated heterocycles. The molecule has 1 aliphatic heterocycles. The first-order chi connectivity index (χ1) is 9.13. The highest BCUT2D eigenvalue weighted by Gasteiger charge is 2.20. The van der Waals surface area contributed by atoms with Crippen molar-refractivity contribution >= 4 is 46.0 Å². The number of halogens is 1. The number of hydrogen-bond acceptors (Lipinski definition) is 2. The van der Waals surface area contributed by atoms with Crippen molar-refractivity contribution in [1.29, 1.82) is 0 Å². The third-order valence-electron chi connectivity index (χ3n) is 3.01. The van der Waals surface area contributed by atoms with Crippen LogP contribution in [0.4, 0.5) is 0 Å². The topological polar surface area (TPSA) is 29.0 Å². The minimum Gasteiger partial charge on any atom is -0.352 e. The number of thiophene rings is 1. The molecule has 2 aromatic heterocycles. The van der Waals surface area contributed by atoms with Gasteiger partial charge in [-0.15, -0.1) is 11.3 Å². The average molecular weight is 310 g/mol. The molecule has 3 nitrogen and oxygen atoms in total. The maximum atomic E-state index is 5.99. The molecule has 19 heavy (non-hydrogen) atoms. The van der Waals surface area contributed by atoms with E-state index in [4.69, 9.17) is 23.8 Å². The monoisotopic (exact) mass is 309 g/mol. The van der Waals surface area contributed by atoms with Gasteiger partial charge in [0.05, 0.1) is 21.0 Å². The molecule has 1 aliphatic rings. The molecule has 0 fully saturated rings. The molecule has 0 radical (unpaired) electrons. The maximum Gasteiger partial charge on any atom is 0.171 e. The van der Waals surface area contributed by atoms with Crippen LogP contribution in [0.2, 0.25) is 4.34 Å². The maximum absolute atomic E-state index is 5.99. The summed E-state index contributed by atoms with van der Waals surface area (Å²) in [6.07, 6.45) is 4.16. The van der Waals surface area contributed by atoms with Crippen LogP contribution in [0.3, 0.4) is 0 Å². The number of hydrogen-bond donors (Lipinski definition) is 2. The molecule has 0 spiro atoms. The molecular weight excluding hydrogens is 298 g/mol. The lowest BCUT2D eigenvalue weighted by atomic mass is 10.1. The molecular formula is C13H12ClN3S2. The molecule has 1 atom stereocenters. The fourth-order valence-corrected chi connectivity index (χ4v) is 3.37. The van der Waals surface area contributed by atoms with E-state index in [2.05, 4.69) is 27.3 Å². The smallest absolute Gasteiger partial charge is 0.171 e. The zero-order valence-corrected chi connectivity index (χ0v) is 12.6.